The molecule has 0 aliphatic rings. The first kappa shape index (κ1) is 39.6. The van der Waals surface area contributed by atoms with Gasteiger partial charge in [0.05, 0.1) is 15.3 Å². The lowest BCUT2D eigenvalue weighted by molar-refractivity contribution is -0.386. The van der Waals surface area contributed by atoms with Crippen LogP contribution in [0.15, 0.2) is 206 Å². The van der Waals surface area contributed by atoms with Crippen LogP contribution in [-0.2, 0) is 18.6 Å². The number of nitro benzene ring substituents is 2. The monoisotopic (exact) mass is 806 g/mol. The molecule has 61 heavy (non-hydrogen) atoms. The zero-order chi connectivity index (χ0) is 42.0. The number of hydrogen-bond donors (Lipinski definition) is 0. The van der Waals surface area contributed by atoms with Crippen molar-refractivity contribution in [2.75, 3.05) is 0 Å². The predicted molar refractivity (Wildman–Crippen MR) is 233 cm³/mol. The van der Waals surface area contributed by atoms with Crippen molar-refractivity contribution < 1.29 is 28.8 Å². The van der Waals surface area contributed by atoms with Gasteiger partial charge in [-0.3, -0.25) is 20.2 Å². The third-order valence-electron chi connectivity index (χ3n) is 10.2. The summed E-state index contributed by atoms with van der Waals surface area (Å²) in [5.74, 6) is 2.04. The molecule has 0 saturated heterocycles. The van der Waals surface area contributed by atoms with Gasteiger partial charge in [0.15, 0.2) is 0 Å². The van der Waals surface area contributed by atoms with E-state index in [-0.39, 0.29) is 36.1 Å². The Hall–Kier alpha value is -8.24. The third-order valence-corrected chi connectivity index (χ3v) is 10.2. The maximum absolute atomic E-state index is 11.8. The molecule has 0 unspecified atom stereocenters. The van der Waals surface area contributed by atoms with E-state index in [9.17, 15) is 20.2 Å². The third kappa shape index (κ3) is 8.94. The van der Waals surface area contributed by atoms with Crippen molar-refractivity contribution in [3.63, 3.8) is 0 Å². The van der Waals surface area contributed by atoms with Crippen LogP contribution in [0.4, 0.5) is 11.4 Å². The van der Waals surface area contributed by atoms with Gasteiger partial charge in [0.25, 0.3) is 0 Å². The van der Waals surface area contributed by atoms with Crippen LogP contribution in [0.25, 0.3) is 0 Å². The highest BCUT2D eigenvalue weighted by Crippen LogP contribution is 2.46. The van der Waals surface area contributed by atoms with Gasteiger partial charge >= 0.3 is 11.4 Å². The predicted octanol–water partition coefficient (Wildman–Crippen LogP) is 12.6. The van der Waals surface area contributed by atoms with E-state index < -0.39 is 15.3 Å². The number of benzene rings is 8. The number of nitrogens with zero attached hydrogens (tertiary/aromatic N) is 2. The van der Waals surface area contributed by atoms with Crippen molar-refractivity contribution in [2.24, 2.45) is 0 Å². The van der Waals surface area contributed by atoms with E-state index in [1.165, 1.54) is 24.3 Å². The average Bonchev–Trinajstić information content (AvgIpc) is 3.30. The molecule has 8 rings (SSSR count). The quantitative estimate of drug-likeness (QED) is 0.0537. The first-order valence-electron chi connectivity index (χ1n) is 19.4. The zero-order valence-corrected chi connectivity index (χ0v) is 32.7. The molecule has 0 atom stereocenters. The van der Waals surface area contributed by atoms with Crippen LogP contribution in [0.2, 0.25) is 0 Å². The Morgan fingerprint density at radius 3 is 1.03 bits per heavy atom. The molecule has 0 aromatic heterocycles. The van der Waals surface area contributed by atoms with Gasteiger partial charge in [0.2, 0.25) is 11.5 Å². The lowest BCUT2D eigenvalue weighted by atomic mass is 9.65. The molecule has 300 valence electrons. The maximum Gasteiger partial charge on any atom is 0.311 e. The number of rotatable bonds is 16. The van der Waals surface area contributed by atoms with Gasteiger partial charge in [0, 0.05) is 24.3 Å². The number of ether oxygens (including phenoxy) is 4. The summed E-state index contributed by atoms with van der Waals surface area (Å²) in [6, 6.07) is 63.9. The van der Waals surface area contributed by atoms with Gasteiger partial charge in [-0.15, -0.1) is 0 Å². The SMILES string of the molecule is O=[N+]([O-])c1ccc(Oc2ccc(C(c3ccccc3)(c3ccccc3)c3ccc(Oc4ccc([N+](=O)[O-])c(OCc5ccccc5)c4)cc3)cc2)cc1OCc1ccccc1. The highest BCUT2D eigenvalue weighted by molar-refractivity contribution is 5.61. The minimum atomic E-state index is -0.794. The summed E-state index contributed by atoms with van der Waals surface area (Å²) in [7, 11) is 0. The minimum Gasteiger partial charge on any atom is -0.482 e. The van der Waals surface area contributed by atoms with Crippen molar-refractivity contribution >= 4 is 11.4 Å². The molecule has 8 aromatic rings. The van der Waals surface area contributed by atoms with E-state index in [2.05, 4.69) is 24.3 Å². The van der Waals surface area contributed by atoms with Crippen LogP contribution in [0.1, 0.15) is 33.4 Å². The fraction of sp³-hybridized carbons (Fsp3) is 0.0588. The van der Waals surface area contributed by atoms with Crippen LogP contribution in [0, 0.1) is 20.2 Å². The van der Waals surface area contributed by atoms with E-state index in [1.807, 2.05) is 146 Å². The molecule has 0 saturated carbocycles. The number of nitro groups is 2. The smallest absolute Gasteiger partial charge is 0.311 e. The summed E-state index contributed by atoms with van der Waals surface area (Å²) < 4.78 is 24.3. The first-order valence-corrected chi connectivity index (χ1v) is 19.4. The van der Waals surface area contributed by atoms with Crippen molar-refractivity contribution in [3.8, 4) is 34.5 Å². The summed E-state index contributed by atoms with van der Waals surface area (Å²) in [6.07, 6.45) is 0. The summed E-state index contributed by atoms with van der Waals surface area (Å²) in [6.45, 7) is 0.326. The van der Waals surface area contributed by atoms with Crippen molar-refractivity contribution in [1.82, 2.24) is 0 Å². The second-order valence-electron chi connectivity index (χ2n) is 14.1. The van der Waals surface area contributed by atoms with E-state index in [1.54, 1.807) is 12.1 Å². The number of hydrogen-bond acceptors (Lipinski definition) is 8. The normalized spacial score (nSPS) is 11.0. The van der Waals surface area contributed by atoms with Crippen molar-refractivity contribution in [2.45, 2.75) is 18.6 Å². The molecule has 0 spiro atoms. The largest absolute Gasteiger partial charge is 0.482 e. The molecule has 0 bridgehead atoms. The lowest BCUT2D eigenvalue weighted by Crippen LogP contribution is -2.30. The zero-order valence-electron chi connectivity index (χ0n) is 32.7. The molecule has 0 fully saturated rings. The van der Waals surface area contributed by atoms with Gasteiger partial charge < -0.3 is 18.9 Å². The van der Waals surface area contributed by atoms with E-state index >= 15 is 0 Å². The fourth-order valence-corrected chi connectivity index (χ4v) is 7.31. The molecule has 10 nitrogen and oxygen atoms in total. The summed E-state index contributed by atoms with van der Waals surface area (Å²) in [5, 5.41) is 23.7. The highest BCUT2D eigenvalue weighted by Gasteiger charge is 2.38. The molecule has 0 aliphatic carbocycles. The lowest BCUT2D eigenvalue weighted by Gasteiger charge is -2.37. The second kappa shape index (κ2) is 18.1. The molecular formula is C51H38N2O8. The molecule has 10 heteroatoms. The van der Waals surface area contributed by atoms with Gasteiger partial charge in [-0.25, -0.2) is 0 Å². The van der Waals surface area contributed by atoms with Crippen molar-refractivity contribution in [1.29, 1.82) is 0 Å². The van der Waals surface area contributed by atoms with Crippen molar-refractivity contribution in [3.05, 3.63) is 260 Å². The Morgan fingerprint density at radius 2 is 0.689 bits per heavy atom. The van der Waals surface area contributed by atoms with E-state index in [4.69, 9.17) is 18.9 Å². The van der Waals surface area contributed by atoms with Crippen LogP contribution in [0.5, 0.6) is 34.5 Å². The van der Waals surface area contributed by atoms with Crippen LogP contribution >= 0.6 is 0 Å². The molecule has 0 N–H and O–H groups in total. The topological polar surface area (TPSA) is 123 Å². The van der Waals surface area contributed by atoms with E-state index in [0.717, 1.165) is 33.4 Å². The molecule has 0 aliphatic heterocycles. The fourth-order valence-electron chi connectivity index (χ4n) is 7.31. The van der Waals surface area contributed by atoms with Gasteiger partial charge in [-0.1, -0.05) is 146 Å². The Labute approximate surface area is 352 Å². The molecule has 8 aromatic carbocycles. The van der Waals surface area contributed by atoms with Gasteiger partial charge in [0.1, 0.15) is 36.2 Å². The van der Waals surface area contributed by atoms with Crippen LogP contribution in [-0.4, -0.2) is 9.85 Å². The summed E-state index contributed by atoms with van der Waals surface area (Å²) in [5.41, 5.74) is 4.61. The highest BCUT2D eigenvalue weighted by atomic mass is 16.6. The first-order chi connectivity index (χ1) is 29.9. The molecule has 0 amide bonds. The minimum absolute atomic E-state index is 0.105. The Morgan fingerprint density at radius 1 is 0.377 bits per heavy atom. The summed E-state index contributed by atoms with van der Waals surface area (Å²) in [4.78, 5) is 22.7. The molecule has 0 heterocycles. The van der Waals surface area contributed by atoms with Gasteiger partial charge in [-0.05, 0) is 69.8 Å². The standard InChI is InChI=1S/C51H38N2O8/c54-52(55)47-31-29-45(33-49(47)58-35-37-13-5-1-6-14-37)60-43-25-21-41(22-26-43)51(39-17-9-3-10-18-39,40-19-11-4-12-20-40)42-23-27-44(28-24-42)61-46-30-32-48(53(56)57)50(34-46)59-36-38-15-7-2-8-16-38/h1-34H,35-36H2. The van der Waals surface area contributed by atoms with Gasteiger partial charge in [-0.2, -0.15) is 0 Å². The maximum atomic E-state index is 11.8. The van der Waals surface area contributed by atoms with Crippen LogP contribution < -0.4 is 18.9 Å². The van der Waals surface area contributed by atoms with E-state index in [0.29, 0.717) is 23.0 Å². The van der Waals surface area contributed by atoms with Crippen LogP contribution in [0.3, 0.4) is 0 Å². The molecular weight excluding hydrogens is 769 g/mol. The Balaban J connectivity index is 1.10. The Bertz CT molecular complexity index is 2540. The summed E-state index contributed by atoms with van der Waals surface area (Å²) >= 11 is 0. The Kier molecular flexibility index (Phi) is 11.8. The second-order valence-corrected chi connectivity index (χ2v) is 14.1. The molecule has 0 radical (unpaired) electrons. The average molecular weight is 807 g/mol.